The van der Waals surface area contributed by atoms with E-state index in [2.05, 4.69) is 10.6 Å². The molecule has 0 unspecified atom stereocenters. The summed E-state index contributed by atoms with van der Waals surface area (Å²) in [4.78, 5) is 40.5. The van der Waals surface area contributed by atoms with E-state index in [1.54, 1.807) is 25.7 Å². The highest BCUT2D eigenvalue weighted by atomic mass is 16.6. The number of rotatable bonds is 8. The monoisotopic (exact) mass is 453 g/mol. The Kier molecular flexibility index (Phi) is 9.82. The van der Waals surface area contributed by atoms with Crippen LogP contribution >= 0.6 is 0 Å². The number of carbonyl (C=O) groups excluding carboxylic acids is 3. The number of amides is 3. The molecule has 4 N–H and O–H groups in total. The van der Waals surface area contributed by atoms with Gasteiger partial charge >= 0.3 is 13.2 Å². The van der Waals surface area contributed by atoms with E-state index >= 15 is 0 Å². The molecule has 3 amide bonds. The van der Waals surface area contributed by atoms with Gasteiger partial charge in [-0.1, -0.05) is 32.6 Å². The van der Waals surface area contributed by atoms with E-state index in [1.807, 2.05) is 6.92 Å². The number of ether oxygens (including phenoxy) is 1. The second-order valence-corrected chi connectivity index (χ2v) is 10.0. The minimum Gasteiger partial charge on any atom is -0.444 e. The van der Waals surface area contributed by atoms with Crippen LogP contribution in [0.4, 0.5) is 4.79 Å². The molecule has 1 saturated carbocycles. The molecule has 1 saturated heterocycles. The fourth-order valence-electron chi connectivity index (χ4n) is 4.65. The van der Waals surface area contributed by atoms with E-state index in [9.17, 15) is 24.4 Å². The van der Waals surface area contributed by atoms with Gasteiger partial charge in [0.25, 0.3) is 0 Å². The Hall–Kier alpha value is -1.81. The molecule has 0 bridgehead atoms. The molecule has 0 radical (unpaired) electrons. The second-order valence-electron chi connectivity index (χ2n) is 10.0. The molecule has 3 atom stereocenters. The number of alkyl carbamates (subject to hydrolysis) is 1. The molecule has 1 aliphatic carbocycles. The van der Waals surface area contributed by atoms with Gasteiger partial charge in [0, 0.05) is 6.54 Å². The van der Waals surface area contributed by atoms with Gasteiger partial charge in [0.1, 0.15) is 17.7 Å². The number of likely N-dealkylation sites (tertiary alicyclic amines) is 1. The third-order valence-electron chi connectivity index (χ3n) is 6.19. The van der Waals surface area contributed by atoms with Crippen LogP contribution in [0.3, 0.4) is 0 Å². The molecule has 2 fully saturated rings. The first-order valence-corrected chi connectivity index (χ1v) is 12.0. The molecule has 1 aliphatic heterocycles. The summed E-state index contributed by atoms with van der Waals surface area (Å²) < 4.78 is 5.40. The SMILES string of the molecule is CCC[C@H](NC(=O)[C@@H]1CCCN1C(=O)[C@@H](NC(=O)OC(C)(C)C)C1CCCCC1)B(O)O. The molecule has 32 heavy (non-hydrogen) atoms. The van der Waals surface area contributed by atoms with Crippen molar-refractivity contribution >= 4 is 25.0 Å². The Morgan fingerprint density at radius 1 is 1.06 bits per heavy atom. The van der Waals surface area contributed by atoms with Gasteiger partial charge in [0.15, 0.2) is 0 Å². The van der Waals surface area contributed by atoms with E-state index in [-0.39, 0.29) is 17.7 Å². The Morgan fingerprint density at radius 3 is 2.28 bits per heavy atom. The molecular formula is C22H40BN3O6. The van der Waals surface area contributed by atoms with Crippen LogP contribution in [0.2, 0.25) is 0 Å². The molecule has 10 heteroatoms. The van der Waals surface area contributed by atoms with Gasteiger partial charge in [-0.2, -0.15) is 0 Å². The summed E-state index contributed by atoms with van der Waals surface area (Å²) in [6, 6.07) is -1.43. The second kappa shape index (κ2) is 11.9. The van der Waals surface area contributed by atoms with E-state index < -0.39 is 36.8 Å². The maximum absolute atomic E-state index is 13.6. The zero-order valence-electron chi connectivity index (χ0n) is 19.9. The van der Waals surface area contributed by atoms with Crippen LogP contribution in [0.1, 0.15) is 85.5 Å². The van der Waals surface area contributed by atoms with Crippen molar-refractivity contribution in [2.24, 2.45) is 5.92 Å². The van der Waals surface area contributed by atoms with Crippen molar-refractivity contribution in [3.8, 4) is 0 Å². The predicted molar refractivity (Wildman–Crippen MR) is 121 cm³/mol. The third kappa shape index (κ3) is 7.65. The Morgan fingerprint density at radius 2 is 1.72 bits per heavy atom. The van der Waals surface area contributed by atoms with E-state index in [0.717, 1.165) is 32.1 Å². The van der Waals surface area contributed by atoms with Gasteiger partial charge in [-0.05, 0) is 58.8 Å². The van der Waals surface area contributed by atoms with Crippen molar-refractivity contribution in [3.63, 3.8) is 0 Å². The summed E-state index contributed by atoms with van der Waals surface area (Å²) in [5, 5.41) is 24.6. The van der Waals surface area contributed by atoms with E-state index in [0.29, 0.717) is 32.2 Å². The minimum atomic E-state index is -1.66. The van der Waals surface area contributed by atoms with E-state index in [1.165, 1.54) is 0 Å². The maximum Gasteiger partial charge on any atom is 0.475 e. The van der Waals surface area contributed by atoms with Crippen LogP contribution < -0.4 is 10.6 Å². The lowest BCUT2D eigenvalue weighted by molar-refractivity contribution is -0.141. The predicted octanol–water partition coefficient (Wildman–Crippen LogP) is 1.75. The summed E-state index contributed by atoms with van der Waals surface area (Å²) >= 11 is 0. The first-order valence-electron chi connectivity index (χ1n) is 12.0. The lowest BCUT2D eigenvalue weighted by atomic mass is 9.76. The summed E-state index contributed by atoms with van der Waals surface area (Å²) in [5.41, 5.74) is -0.681. The van der Waals surface area contributed by atoms with Gasteiger partial charge in [-0.3, -0.25) is 9.59 Å². The Bertz CT molecular complexity index is 648. The average molecular weight is 453 g/mol. The van der Waals surface area contributed by atoms with Gasteiger partial charge < -0.3 is 30.3 Å². The molecule has 9 nitrogen and oxygen atoms in total. The lowest BCUT2D eigenvalue weighted by Crippen LogP contribution is -2.58. The minimum absolute atomic E-state index is 0.000170. The standard InChI is InChI=1S/C22H40BN3O6/c1-5-10-17(23(30)31)24-19(27)16-13-9-14-26(16)20(28)18(15-11-7-6-8-12-15)25-21(29)32-22(2,3)4/h15-18,30-31H,5-14H2,1-4H3,(H,24,27)(H,25,29)/t16-,17-,18-/m0/s1. The topological polar surface area (TPSA) is 128 Å². The van der Waals surface area contributed by atoms with Crippen molar-refractivity contribution < 1.29 is 29.2 Å². The van der Waals surface area contributed by atoms with Crippen LogP contribution in [0, 0.1) is 5.92 Å². The lowest BCUT2D eigenvalue weighted by Gasteiger charge is -2.35. The van der Waals surface area contributed by atoms with Gasteiger partial charge in [-0.25, -0.2) is 4.79 Å². The number of carbonyl (C=O) groups is 3. The molecule has 0 spiro atoms. The molecular weight excluding hydrogens is 413 g/mol. The highest BCUT2D eigenvalue weighted by Gasteiger charge is 2.42. The van der Waals surface area contributed by atoms with Crippen molar-refractivity contribution in [2.45, 2.75) is 109 Å². The van der Waals surface area contributed by atoms with Gasteiger partial charge in [0.05, 0.1) is 5.94 Å². The fourth-order valence-corrected chi connectivity index (χ4v) is 4.65. The fraction of sp³-hybridized carbons (Fsp3) is 0.864. The van der Waals surface area contributed by atoms with Gasteiger partial charge in [-0.15, -0.1) is 0 Å². The largest absolute Gasteiger partial charge is 0.475 e. The number of hydrogen-bond acceptors (Lipinski definition) is 6. The van der Waals surface area contributed by atoms with Crippen molar-refractivity contribution in [3.05, 3.63) is 0 Å². The third-order valence-corrected chi connectivity index (χ3v) is 6.19. The average Bonchev–Trinajstić information content (AvgIpc) is 3.20. The molecule has 1 heterocycles. The van der Waals surface area contributed by atoms with Crippen molar-refractivity contribution in [1.29, 1.82) is 0 Å². The summed E-state index contributed by atoms with van der Waals surface area (Å²) in [6.07, 6.45) is 6.44. The van der Waals surface area contributed by atoms with Gasteiger partial charge in [0.2, 0.25) is 11.8 Å². The molecule has 0 aromatic heterocycles. The number of nitrogens with zero attached hydrogens (tertiary/aromatic N) is 1. The maximum atomic E-state index is 13.6. The van der Waals surface area contributed by atoms with Crippen LogP contribution in [0.5, 0.6) is 0 Å². The van der Waals surface area contributed by atoms with Crippen LogP contribution in [-0.2, 0) is 14.3 Å². The summed E-state index contributed by atoms with van der Waals surface area (Å²) in [6.45, 7) is 7.63. The first kappa shape index (κ1) is 26.4. The molecule has 2 aliphatic rings. The summed E-state index contributed by atoms with van der Waals surface area (Å²) in [7, 11) is -1.66. The zero-order valence-corrected chi connectivity index (χ0v) is 19.9. The van der Waals surface area contributed by atoms with Crippen LogP contribution in [-0.4, -0.2) is 70.1 Å². The van der Waals surface area contributed by atoms with Crippen molar-refractivity contribution in [1.82, 2.24) is 15.5 Å². The smallest absolute Gasteiger partial charge is 0.444 e. The first-order chi connectivity index (χ1) is 15.0. The summed E-state index contributed by atoms with van der Waals surface area (Å²) in [5.74, 6) is -1.43. The highest BCUT2D eigenvalue weighted by molar-refractivity contribution is 6.43. The normalized spacial score (nSPS) is 21.6. The quantitative estimate of drug-likeness (QED) is 0.415. The Labute approximate surface area is 191 Å². The molecule has 2 rings (SSSR count). The van der Waals surface area contributed by atoms with Crippen LogP contribution in [0.15, 0.2) is 0 Å². The van der Waals surface area contributed by atoms with E-state index in [4.69, 9.17) is 4.74 Å². The Balaban J connectivity index is 2.15. The number of nitrogens with one attached hydrogen (secondary N) is 2. The number of hydrogen-bond donors (Lipinski definition) is 4. The molecule has 182 valence electrons. The highest BCUT2D eigenvalue weighted by Crippen LogP contribution is 2.29. The van der Waals surface area contributed by atoms with Crippen LogP contribution in [0.25, 0.3) is 0 Å². The molecule has 0 aromatic carbocycles. The molecule has 0 aromatic rings. The zero-order chi connectivity index (χ0) is 23.9. The van der Waals surface area contributed by atoms with Crippen molar-refractivity contribution in [2.75, 3.05) is 6.54 Å².